The third-order valence-electron chi connectivity index (χ3n) is 3.55. The Labute approximate surface area is 122 Å². The molecule has 21 heavy (non-hydrogen) atoms. The van der Waals surface area contributed by atoms with E-state index < -0.39 is 12.1 Å². The van der Waals surface area contributed by atoms with E-state index in [-0.39, 0.29) is 6.79 Å². The molecule has 1 heterocycles. The van der Waals surface area contributed by atoms with E-state index in [4.69, 9.17) is 19.9 Å². The molecule has 5 nitrogen and oxygen atoms in total. The fourth-order valence-corrected chi connectivity index (χ4v) is 2.39. The first-order valence-electron chi connectivity index (χ1n) is 6.67. The summed E-state index contributed by atoms with van der Waals surface area (Å²) in [5.41, 5.74) is 7.64. The molecule has 2 aromatic rings. The van der Waals surface area contributed by atoms with E-state index in [1.807, 2.05) is 30.3 Å². The molecule has 2 unspecified atom stereocenters. The number of aliphatic hydroxyl groups excluding tert-OH is 1. The van der Waals surface area contributed by atoms with Crippen molar-refractivity contribution in [2.45, 2.75) is 12.1 Å². The number of hydrogen-bond donors (Lipinski definition) is 2. The maximum absolute atomic E-state index is 10.5. The van der Waals surface area contributed by atoms with Crippen LogP contribution in [0.3, 0.4) is 0 Å². The van der Waals surface area contributed by atoms with E-state index in [0.29, 0.717) is 22.8 Å². The molecular formula is C16H17NO4. The molecule has 1 aliphatic rings. The number of fused-ring (bicyclic) bond motifs is 1. The number of benzene rings is 2. The standard InChI is InChI=1S/C16H17NO4/c1-19-12-7-11(8-13-16(12)21-9-20-13)15(18)14(17)10-5-3-2-4-6-10/h2-8,14-15,18H,9,17H2,1H3. The van der Waals surface area contributed by atoms with Crippen molar-refractivity contribution in [3.05, 3.63) is 53.6 Å². The first-order chi connectivity index (χ1) is 10.2. The Balaban J connectivity index is 1.93. The van der Waals surface area contributed by atoms with Gasteiger partial charge in [-0.05, 0) is 23.3 Å². The number of nitrogens with two attached hydrogens (primary N) is 1. The van der Waals surface area contributed by atoms with Crippen LogP contribution in [-0.4, -0.2) is 19.0 Å². The summed E-state index contributed by atoms with van der Waals surface area (Å²) in [7, 11) is 1.55. The van der Waals surface area contributed by atoms with Gasteiger partial charge >= 0.3 is 0 Å². The summed E-state index contributed by atoms with van der Waals surface area (Å²) in [5.74, 6) is 1.64. The van der Waals surface area contributed by atoms with Crippen LogP contribution in [0.4, 0.5) is 0 Å². The van der Waals surface area contributed by atoms with Gasteiger partial charge in [0.25, 0.3) is 0 Å². The van der Waals surface area contributed by atoms with Gasteiger partial charge in [0, 0.05) is 0 Å². The van der Waals surface area contributed by atoms with Crippen LogP contribution in [0, 0.1) is 0 Å². The largest absolute Gasteiger partial charge is 0.493 e. The Bertz CT molecular complexity index is 630. The molecule has 0 aliphatic carbocycles. The molecule has 3 rings (SSSR count). The van der Waals surface area contributed by atoms with E-state index >= 15 is 0 Å². The van der Waals surface area contributed by atoms with E-state index in [2.05, 4.69) is 0 Å². The topological polar surface area (TPSA) is 73.9 Å². The van der Waals surface area contributed by atoms with Crippen molar-refractivity contribution >= 4 is 0 Å². The van der Waals surface area contributed by atoms with E-state index in [0.717, 1.165) is 5.56 Å². The normalized spacial score (nSPS) is 15.6. The first-order valence-corrected chi connectivity index (χ1v) is 6.67. The van der Waals surface area contributed by atoms with Gasteiger partial charge in [-0.15, -0.1) is 0 Å². The summed E-state index contributed by atoms with van der Waals surface area (Å²) in [4.78, 5) is 0. The second-order valence-corrected chi connectivity index (χ2v) is 4.84. The summed E-state index contributed by atoms with van der Waals surface area (Å²) in [6.45, 7) is 0.149. The Hall–Kier alpha value is -2.24. The minimum atomic E-state index is -0.865. The smallest absolute Gasteiger partial charge is 0.231 e. The summed E-state index contributed by atoms with van der Waals surface area (Å²) in [5, 5.41) is 10.5. The molecule has 0 bridgehead atoms. The number of ether oxygens (including phenoxy) is 3. The molecule has 0 amide bonds. The van der Waals surface area contributed by atoms with Crippen LogP contribution in [0.2, 0.25) is 0 Å². The van der Waals surface area contributed by atoms with Crippen LogP contribution in [0.5, 0.6) is 17.2 Å². The van der Waals surface area contributed by atoms with Crippen LogP contribution in [0.15, 0.2) is 42.5 Å². The number of methoxy groups -OCH3 is 1. The minimum absolute atomic E-state index is 0.149. The molecule has 1 aliphatic heterocycles. The van der Waals surface area contributed by atoms with E-state index in [1.54, 1.807) is 19.2 Å². The molecule has 0 radical (unpaired) electrons. The SMILES string of the molecule is COc1cc(C(O)C(N)c2ccccc2)cc2c1OCO2. The average Bonchev–Trinajstić information content (AvgIpc) is 3.01. The van der Waals surface area contributed by atoms with Crippen molar-refractivity contribution in [1.82, 2.24) is 0 Å². The van der Waals surface area contributed by atoms with Crippen molar-refractivity contribution < 1.29 is 19.3 Å². The van der Waals surface area contributed by atoms with Crippen molar-refractivity contribution in [1.29, 1.82) is 0 Å². The maximum Gasteiger partial charge on any atom is 0.231 e. The molecule has 0 aromatic heterocycles. The summed E-state index contributed by atoms with van der Waals surface area (Å²) >= 11 is 0. The minimum Gasteiger partial charge on any atom is -0.493 e. The van der Waals surface area contributed by atoms with E-state index in [1.165, 1.54) is 0 Å². The van der Waals surface area contributed by atoms with Gasteiger partial charge in [-0.2, -0.15) is 0 Å². The number of hydrogen-bond acceptors (Lipinski definition) is 5. The zero-order valence-electron chi connectivity index (χ0n) is 11.7. The van der Waals surface area contributed by atoms with Crippen molar-refractivity contribution in [3.63, 3.8) is 0 Å². The summed E-state index contributed by atoms with van der Waals surface area (Å²) in [6, 6.07) is 12.4. The molecule has 0 saturated heterocycles. The fraction of sp³-hybridized carbons (Fsp3) is 0.250. The van der Waals surface area contributed by atoms with Gasteiger partial charge in [0.1, 0.15) is 0 Å². The zero-order chi connectivity index (χ0) is 14.8. The lowest BCUT2D eigenvalue weighted by atomic mass is 9.96. The van der Waals surface area contributed by atoms with Crippen LogP contribution < -0.4 is 19.9 Å². The van der Waals surface area contributed by atoms with Crippen molar-refractivity contribution in [2.75, 3.05) is 13.9 Å². The first kappa shape index (κ1) is 13.7. The highest BCUT2D eigenvalue weighted by atomic mass is 16.7. The lowest BCUT2D eigenvalue weighted by Crippen LogP contribution is -2.19. The molecule has 110 valence electrons. The molecule has 0 spiro atoms. The Morgan fingerprint density at radius 2 is 1.90 bits per heavy atom. The fourth-order valence-electron chi connectivity index (χ4n) is 2.39. The summed E-state index contributed by atoms with van der Waals surface area (Å²) < 4.78 is 16.0. The third-order valence-corrected chi connectivity index (χ3v) is 3.55. The van der Waals surface area contributed by atoms with Crippen LogP contribution in [-0.2, 0) is 0 Å². The molecule has 5 heteroatoms. The monoisotopic (exact) mass is 287 g/mol. The van der Waals surface area contributed by atoms with Gasteiger partial charge in [0.15, 0.2) is 11.5 Å². The summed E-state index contributed by atoms with van der Waals surface area (Å²) in [6.07, 6.45) is -0.865. The quantitative estimate of drug-likeness (QED) is 0.901. The molecule has 0 saturated carbocycles. The number of rotatable bonds is 4. The predicted octanol–water partition coefficient (Wildman–Crippen LogP) is 2.16. The van der Waals surface area contributed by atoms with Crippen LogP contribution in [0.25, 0.3) is 0 Å². The second kappa shape index (κ2) is 5.63. The highest BCUT2D eigenvalue weighted by Crippen LogP contribution is 2.44. The lowest BCUT2D eigenvalue weighted by molar-refractivity contribution is 0.146. The maximum atomic E-state index is 10.5. The van der Waals surface area contributed by atoms with Gasteiger partial charge in [0.05, 0.1) is 19.3 Å². The molecular weight excluding hydrogens is 270 g/mol. The lowest BCUT2D eigenvalue weighted by Gasteiger charge is -2.20. The molecule has 2 atom stereocenters. The Morgan fingerprint density at radius 3 is 2.62 bits per heavy atom. The van der Waals surface area contributed by atoms with Crippen molar-refractivity contribution in [2.24, 2.45) is 5.73 Å². The second-order valence-electron chi connectivity index (χ2n) is 4.84. The number of aliphatic hydroxyl groups is 1. The van der Waals surface area contributed by atoms with Gasteiger partial charge in [-0.1, -0.05) is 30.3 Å². The highest BCUT2D eigenvalue weighted by molar-refractivity contribution is 5.55. The van der Waals surface area contributed by atoms with Gasteiger partial charge in [-0.25, -0.2) is 0 Å². The zero-order valence-corrected chi connectivity index (χ0v) is 11.7. The third kappa shape index (κ3) is 2.53. The highest BCUT2D eigenvalue weighted by Gasteiger charge is 2.25. The average molecular weight is 287 g/mol. The van der Waals surface area contributed by atoms with Gasteiger partial charge < -0.3 is 25.1 Å². The molecule has 3 N–H and O–H groups in total. The van der Waals surface area contributed by atoms with Gasteiger partial charge in [0.2, 0.25) is 12.5 Å². The Kier molecular flexibility index (Phi) is 3.68. The Morgan fingerprint density at radius 1 is 1.14 bits per heavy atom. The van der Waals surface area contributed by atoms with Crippen molar-refractivity contribution in [3.8, 4) is 17.2 Å². The molecule has 0 fully saturated rings. The molecule has 2 aromatic carbocycles. The van der Waals surface area contributed by atoms with Gasteiger partial charge in [-0.3, -0.25) is 0 Å². The van der Waals surface area contributed by atoms with Crippen LogP contribution in [0.1, 0.15) is 23.3 Å². The predicted molar refractivity (Wildman–Crippen MR) is 77.4 cm³/mol. The van der Waals surface area contributed by atoms with Crippen LogP contribution >= 0.6 is 0 Å². The van der Waals surface area contributed by atoms with E-state index in [9.17, 15) is 5.11 Å².